The van der Waals surface area contributed by atoms with E-state index in [2.05, 4.69) is 22.9 Å². The van der Waals surface area contributed by atoms with E-state index in [1.807, 2.05) is 18.2 Å². The van der Waals surface area contributed by atoms with Crippen LogP contribution >= 0.6 is 27.5 Å². The van der Waals surface area contributed by atoms with E-state index in [-0.39, 0.29) is 12.2 Å². The second-order valence-corrected chi connectivity index (χ2v) is 5.90. The van der Waals surface area contributed by atoms with Crippen LogP contribution in [0, 0.1) is 0 Å². The first-order valence-corrected chi connectivity index (χ1v) is 7.81. The number of likely N-dealkylation sites (tertiary alicyclic amines) is 1. The molecule has 1 fully saturated rings. The van der Waals surface area contributed by atoms with Crippen molar-refractivity contribution in [2.45, 2.75) is 25.9 Å². The predicted molar refractivity (Wildman–Crippen MR) is 81.4 cm³/mol. The van der Waals surface area contributed by atoms with Crippen molar-refractivity contribution in [1.82, 2.24) is 4.90 Å². The fourth-order valence-electron chi connectivity index (χ4n) is 1.81. The highest BCUT2D eigenvalue weighted by atomic mass is 79.9. The van der Waals surface area contributed by atoms with Crippen molar-refractivity contribution >= 4 is 33.6 Å². The summed E-state index contributed by atoms with van der Waals surface area (Å²) in [6.07, 6.45) is 1.62. The Kier molecular flexibility index (Phi) is 5.54. The largest absolute Gasteiger partial charge is 0.485 e. The van der Waals surface area contributed by atoms with Crippen LogP contribution < -0.4 is 4.74 Å². The highest BCUT2D eigenvalue weighted by molar-refractivity contribution is 9.10. The lowest BCUT2D eigenvalue weighted by molar-refractivity contribution is 0.0109. The van der Waals surface area contributed by atoms with Gasteiger partial charge in [0.25, 0.3) is 0 Å². The van der Waals surface area contributed by atoms with Crippen LogP contribution in [0.15, 0.2) is 22.7 Å². The van der Waals surface area contributed by atoms with E-state index in [0.29, 0.717) is 30.5 Å². The molecule has 0 unspecified atom stereocenters. The molecule has 0 saturated carbocycles. The Morgan fingerprint density at radius 1 is 1.50 bits per heavy atom. The van der Waals surface area contributed by atoms with Crippen molar-refractivity contribution in [3.8, 4) is 5.75 Å². The lowest BCUT2D eigenvalue weighted by atomic mass is 10.2. The Labute approximate surface area is 132 Å². The number of rotatable bonds is 5. The van der Waals surface area contributed by atoms with Gasteiger partial charge in [0, 0.05) is 4.47 Å². The summed E-state index contributed by atoms with van der Waals surface area (Å²) in [7, 11) is 0. The summed E-state index contributed by atoms with van der Waals surface area (Å²) >= 11 is 9.47. The van der Waals surface area contributed by atoms with E-state index in [0.717, 1.165) is 17.3 Å². The summed E-state index contributed by atoms with van der Waals surface area (Å²) in [5.74, 6) is 0.630. The minimum atomic E-state index is -0.265. The molecule has 0 aliphatic carbocycles. The number of nitrogens with zero attached hydrogens (tertiary/aromatic N) is 1. The Hall–Kier alpha value is -0.940. The third-order valence-electron chi connectivity index (χ3n) is 3.04. The van der Waals surface area contributed by atoms with E-state index in [1.165, 1.54) is 0 Å². The van der Waals surface area contributed by atoms with Crippen molar-refractivity contribution < 1.29 is 14.3 Å². The van der Waals surface area contributed by atoms with E-state index >= 15 is 0 Å². The fraction of sp³-hybridized carbons (Fsp3) is 0.500. The molecule has 0 atom stereocenters. The van der Waals surface area contributed by atoms with Crippen molar-refractivity contribution in [3.63, 3.8) is 0 Å². The minimum absolute atomic E-state index is 0.0273. The number of ether oxygens (including phenoxy) is 2. The molecule has 4 nitrogen and oxygen atoms in total. The van der Waals surface area contributed by atoms with Gasteiger partial charge in [-0.2, -0.15) is 0 Å². The number of hydrogen-bond acceptors (Lipinski definition) is 3. The van der Waals surface area contributed by atoms with Crippen LogP contribution in [0.4, 0.5) is 4.79 Å². The quantitative estimate of drug-likeness (QED) is 0.740. The minimum Gasteiger partial charge on any atom is -0.485 e. The van der Waals surface area contributed by atoms with Gasteiger partial charge in [0.15, 0.2) is 0 Å². The smallest absolute Gasteiger partial charge is 0.410 e. The number of benzene rings is 1. The van der Waals surface area contributed by atoms with Crippen LogP contribution in [0.2, 0.25) is 5.02 Å². The maximum Gasteiger partial charge on any atom is 0.410 e. The molecule has 1 amide bonds. The van der Waals surface area contributed by atoms with Crippen LogP contribution in [-0.4, -0.2) is 36.8 Å². The van der Waals surface area contributed by atoms with Crippen LogP contribution in [0.5, 0.6) is 5.75 Å². The van der Waals surface area contributed by atoms with Crippen LogP contribution in [-0.2, 0) is 4.74 Å². The Morgan fingerprint density at radius 2 is 2.25 bits per heavy atom. The molecule has 0 aromatic heterocycles. The maximum atomic E-state index is 11.6. The highest BCUT2D eigenvalue weighted by Gasteiger charge is 2.33. The summed E-state index contributed by atoms with van der Waals surface area (Å²) in [4.78, 5) is 13.3. The zero-order valence-electron chi connectivity index (χ0n) is 11.3. The van der Waals surface area contributed by atoms with Gasteiger partial charge in [-0.15, -0.1) is 0 Å². The molecule has 0 bridgehead atoms. The Morgan fingerprint density at radius 3 is 2.95 bits per heavy atom. The molecule has 2 rings (SSSR count). The SMILES string of the molecule is CCCCOC(=O)N1CC(Oc2cccc(Br)c2Cl)C1. The first-order chi connectivity index (χ1) is 9.61. The highest BCUT2D eigenvalue weighted by Crippen LogP contribution is 2.33. The number of amides is 1. The molecule has 1 aliphatic heterocycles. The molecule has 1 saturated heterocycles. The fourth-order valence-corrected chi connectivity index (χ4v) is 2.33. The molecule has 1 aromatic carbocycles. The summed E-state index contributed by atoms with van der Waals surface area (Å²) in [5.41, 5.74) is 0. The van der Waals surface area contributed by atoms with E-state index < -0.39 is 0 Å². The monoisotopic (exact) mass is 361 g/mol. The van der Waals surface area contributed by atoms with Crippen molar-refractivity contribution in [1.29, 1.82) is 0 Å². The molecule has 1 aliphatic rings. The number of carbonyl (C=O) groups is 1. The third-order valence-corrected chi connectivity index (χ3v) is 4.32. The van der Waals surface area contributed by atoms with Gasteiger partial charge < -0.3 is 14.4 Å². The molecule has 20 heavy (non-hydrogen) atoms. The molecule has 0 N–H and O–H groups in total. The van der Waals surface area contributed by atoms with E-state index in [4.69, 9.17) is 21.1 Å². The number of halogens is 2. The van der Waals surface area contributed by atoms with E-state index in [1.54, 1.807) is 4.90 Å². The summed E-state index contributed by atoms with van der Waals surface area (Å²) in [5, 5.41) is 0.552. The Bertz CT molecular complexity index is 477. The molecule has 0 spiro atoms. The zero-order valence-corrected chi connectivity index (χ0v) is 13.6. The predicted octanol–water partition coefficient (Wildman–Crippen LogP) is 4.10. The third kappa shape index (κ3) is 3.79. The number of unbranched alkanes of at least 4 members (excludes halogenated alkanes) is 1. The van der Waals surface area contributed by atoms with Gasteiger partial charge in [-0.25, -0.2) is 4.79 Å². The summed E-state index contributed by atoms with van der Waals surface area (Å²) < 4.78 is 11.7. The van der Waals surface area contributed by atoms with Gasteiger partial charge in [0.05, 0.1) is 24.7 Å². The summed E-state index contributed by atoms with van der Waals surface area (Å²) in [6, 6.07) is 5.53. The number of hydrogen-bond donors (Lipinski definition) is 0. The molecule has 1 heterocycles. The zero-order chi connectivity index (χ0) is 14.5. The normalized spacial score (nSPS) is 14.8. The first-order valence-electron chi connectivity index (χ1n) is 6.64. The second kappa shape index (κ2) is 7.18. The molecule has 1 aromatic rings. The molecule has 0 radical (unpaired) electrons. The Balaban J connectivity index is 1.76. The average molecular weight is 363 g/mol. The van der Waals surface area contributed by atoms with Gasteiger partial charge in [-0.05, 0) is 34.5 Å². The lowest BCUT2D eigenvalue weighted by Crippen LogP contribution is -2.56. The molecular formula is C14H17BrClNO3. The molecule has 6 heteroatoms. The van der Waals surface area contributed by atoms with Gasteiger partial charge in [-0.3, -0.25) is 0 Å². The second-order valence-electron chi connectivity index (χ2n) is 4.66. The average Bonchev–Trinajstić information content (AvgIpc) is 2.38. The van der Waals surface area contributed by atoms with Gasteiger partial charge in [-0.1, -0.05) is 31.0 Å². The van der Waals surface area contributed by atoms with Crippen molar-refractivity contribution in [2.75, 3.05) is 19.7 Å². The lowest BCUT2D eigenvalue weighted by Gasteiger charge is -2.38. The molecule has 110 valence electrons. The first kappa shape index (κ1) is 15.4. The molecular weight excluding hydrogens is 346 g/mol. The van der Waals surface area contributed by atoms with E-state index in [9.17, 15) is 4.79 Å². The van der Waals surface area contributed by atoms with Crippen LogP contribution in [0.25, 0.3) is 0 Å². The van der Waals surface area contributed by atoms with Crippen LogP contribution in [0.1, 0.15) is 19.8 Å². The van der Waals surface area contributed by atoms with Gasteiger partial charge in [0.2, 0.25) is 0 Å². The van der Waals surface area contributed by atoms with Crippen molar-refractivity contribution in [2.24, 2.45) is 0 Å². The van der Waals surface area contributed by atoms with Crippen LogP contribution in [0.3, 0.4) is 0 Å². The van der Waals surface area contributed by atoms with Gasteiger partial charge >= 0.3 is 6.09 Å². The van der Waals surface area contributed by atoms with Crippen molar-refractivity contribution in [3.05, 3.63) is 27.7 Å². The topological polar surface area (TPSA) is 38.8 Å². The summed E-state index contributed by atoms with van der Waals surface area (Å²) in [6.45, 7) is 3.61. The number of carbonyl (C=O) groups excluding carboxylic acids is 1. The van der Waals surface area contributed by atoms with Gasteiger partial charge in [0.1, 0.15) is 11.9 Å². The maximum absolute atomic E-state index is 11.6. The standard InChI is InChI=1S/C14H17BrClNO3/c1-2-3-7-19-14(18)17-8-10(9-17)20-12-6-4-5-11(15)13(12)16/h4-6,10H,2-3,7-9H2,1H3.